The zero-order chi connectivity index (χ0) is 47.2. The number of aryl methyl sites for hydroxylation is 4. The number of ether oxygens (including phenoxy) is 2. The number of unbranched alkanes of at least 4 members (excludes halogenated alkanes) is 14. The van der Waals surface area contributed by atoms with Gasteiger partial charge in [-0.25, -0.2) is 18.3 Å². The molecule has 0 aliphatic heterocycles. The van der Waals surface area contributed by atoms with E-state index in [4.69, 9.17) is 9.47 Å². The van der Waals surface area contributed by atoms with Gasteiger partial charge in [-0.1, -0.05) is 126 Å². The van der Waals surface area contributed by atoms with E-state index >= 15 is 0 Å². The molecule has 0 amide bonds. The van der Waals surface area contributed by atoms with Crippen LogP contribution in [0.15, 0.2) is 156 Å². The lowest BCUT2D eigenvalue weighted by Crippen LogP contribution is -3.00. The molecule has 0 saturated carbocycles. The summed E-state index contributed by atoms with van der Waals surface area (Å²) in [7, 11) is 8.40. The first-order valence-corrected chi connectivity index (χ1v) is 27.5. The van der Waals surface area contributed by atoms with E-state index in [1.807, 2.05) is 23.5 Å². The summed E-state index contributed by atoms with van der Waals surface area (Å²) in [6, 6.07) is 43.0. The molecule has 0 fully saturated rings. The normalized spacial score (nSPS) is 10.6. The van der Waals surface area contributed by atoms with Gasteiger partial charge in [-0.15, -0.1) is 23.5 Å². The summed E-state index contributed by atoms with van der Waals surface area (Å²) in [5.41, 5.74) is 5.04. The third kappa shape index (κ3) is 20.9. The number of fused-ring (bicyclic) bond motifs is 4. The minimum Gasteiger partial charge on any atom is -1.00 e. The van der Waals surface area contributed by atoms with E-state index in [-0.39, 0.29) is 101 Å². The van der Waals surface area contributed by atoms with Crippen LogP contribution in [0, 0.1) is 0 Å². The van der Waals surface area contributed by atoms with Crippen molar-refractivity contribution in [3.05, 3.63) is 146 Å². The fraction of sp³-hybridized carbons (Fsp3) is 0.400. The summed E-state index contributed by atoms with van der Waals surface area (Å²) in [6.07, 6.45) is 29.3. The van der Waals surface area contributed by atoms with Gasteiger partial charge in [0.1, 0.15) is 39.7 Å². The van der Waals surface area contributed by atoms with Crippen LogP contribution in [-0.4, -0.2) is 30.2 Å². The van der Waals surface area contributed by atoms with Crippen molar-refractivity contribution in [3.8, 4) is 11.5 Å². The number of halogens is 4. The number of thioether (sulfide) groups is 2. The van der Waals surface area contributed by atoms with E-state index in [9.17, 15) is 0 Å². The second kappa shape index (κ2) is 37.5. The van der Waals surface area contributed by atoms with Gasteiger partial charge in [0.15, 0.2) is 24.8 Å². The molecule has 0 radical (unpaired) electrons. The van der Waals surface area contributed by atoms with Crippen molar-refractivity contribution in [1.82, 2.24) is 0 Å². The quantitative estimate of drug-likeness (QED) is 0.0353. The number of pyridine rings is 4. The first kappa shape index (κ1) is 66.8. The number of hydrogen-bond acceptors (Lipinski definition) is 4. The Morgan fingerprint density at radius 2 is 0.575 bits per heavy atom. The Hall–Kier alpha value is -2.30. The van der Waals surface area contributed by atoms with Crippen molar-refractivity contribution in [2.24, 2.45) is 28.2 Å². The standard InChI is InChI=1S/C30H38N2O2.C30H38N2S2.4HI.H2O/c2*1-31-21-19-29(25-15-9-11-17-27(25)31)33-23-13-7-5-3-4-6-8-14-24-34-30-20-22-32(2)28-18-12-10-16-26(28)30;;;;;/h2*9-12,15-22H,3-8,13-14,23-24H2,1-2H3;4*1H;1H2/q2*+2;;;;;/p-4. The number of benzene rings is 4. The van der Waals surface area contributed by atoms with Crippen molar-refractivity contribution in [2.45, 2.75) is 113 Å². The van der Waals surface area contributed by atoms with E-state index in [0.29, 0.717) is 0 Å². The smallest absolute Gasteiger partial charge is 0.216 e. The first-order chi connectivity index (χ1) is 33.5. The van der Waals surface area contributed by atoms with Gasteiger partial charge in [-0.3, -0.25) is 0 Å². The number of rotatable bonds is 26. The van der Waals surface area contributed by atoms with Crippen LogP contribution in [0.3, 0.4) is 0 Å². The molecule has 7 nitrogen and oxygen atoms in total. The molecular formula is C60H78I4N4O3S2. The lowest BCUT2D eigenvalue weighted by atomic mass is 10.1. The zero-order valence-electron chi connectivity index (χ0n) is 43.4. The molecule has 4 aromatic carbocycles. The van der Waals surface area contributed by atoms with E-state index in [0.717, 1.165) is 37.6 Å². The Bertz CT molecular complexity index is 2440. The SMILES string of the molecule is C[n+]1ccc(OCCCCCCCCCCOc2cc[n+](C)c3ccccc23)c2ccccc21.C[n+]1ccc(SCCCCCCCCCCSc2cc[n+](C)c3ccccc23)c2ccccc21.O.[I-].[I-].[I-].[I-]. The zero-order valence-corrected chi connectivity index (χ0v) is 53.7. The summed E-state index contributed by atoms with van der Waals surface area (Å²) in [5.74, 6) is 4.43. The number of para-hydroxylation sites is 4. The first-order valence-electron chi connectivity index (χ1n) is 25.5. The Kier molecular flexibility index (Phi) is 34.3. The molecule has 0 atom stereocenters. The summed E-state index contributed by atoms with van der Waals surface area (Å²) in [5, 5.41) is 5.13. The number of aromatic nitrogens is 4. The van der Waals surface area contributed by atoms with Crippen LogP contribution in [0.25, 0.3) is 43.6 Å². The van der Waals surface area contributed by atoms with Crippen molar-refractivity contribution in [3.63, 3.8) is 0 Å². The lowest BCUT2D eigenvalue weighted by molar-refractivity contribution is -0.645. The minimum absolute atomic E-state index is 0. The highest BCUT2D eigenvalue weighted by atomic mass is 127. The topological polar surface area (TPSA) is 65.5 Å². The van der Waals surface area contributed by atoms with E-state index < -0.39 is 0 Å². The van der Waals surface area contributed by atoms with Gasteiger partial charge in [0.2, 0.25) is 22.1 Å². The van der Waals surface area contributed by atoms with Crippen LogP contribution in [0.1, 0.15) is 103 Å². The van der Waals surface area contributed by atoms with Gasteiger partial charge in [-0.05, 0) is 61.5 Å². The van der Waals surface area contributed by atoms with Crippen molar-refractivity contribution in [1.29, 1.82) is 0 Å². The van der Waals surface area contributed by atoms with E-state index in [2.05, 4.69) is 193 Å². The maximum absolute atomic E-state index is 6.09. The highest BCUT2D eigenvalue weighted by molar-refractivity contribution is 7.99. The molecule has 0 aliphatic carbocycles. The van der Waals surface area contributed by atoms with Gasteiger partial charge in [0, 0.05) is 58.3 Å². The maximum atomic E-state index is 6.09. The molecule has 0 saturated heterocycles. The van der Waals surface area contributed by atoms with Gasteiger partial charge in [0.25, 0.3) is 0 Å². The monoisotopic (exact) mass is 1470 g/mol. The largest absolute Gasteiger partial charge is 1.00 e. The fourth-order valence-electron chi connectivity index (χ4n) is 9.12. The minimum atomic E-state index is 0. The molecule has 0 unspecified atom stereocenters. The van der Waals surface area contributed by atoms with Crippen LogP contribution in [0.2, 0.25) is 0 Å². The van der Waals surface area contributed by atoms with E-state index in [1.54, 1.807) is 0 Å². The van der Waals surface area contributed by atoms with Crippen LogP contribution in [-0.2, 0) is 28.2 Å². The maximum Gasteiger partial charge on any atom is 0.216 e. The van der Waals surface area contributed by atoms with E-state index in [1.165, 1.54) is 155 Å². The second-order valence-corrected chi connectivity index (χ2v) is 20.6. The predicted octanol–water partition coefficient (Wildman–Crippen LogP) is 1.06. The predicted molar refractivity (Wildman–Crippen MR) is 290 cm³/mol. The third-order valence-corrected chi connectivity index (χ3v) is 15.4. The molecule has 8 aromatic rings. The molecule has 0 aliphatic rings. The fourth-order valence-corrected chi connectivity index (χ4v) is 11.2. The van der Waals surface area contributed by atoms with Gasteiger partial charge < -0.3 is 111 Å². The molecule has 8 rings (SSSR count). The highest BCUT2D eigenvalue weighted by Gasteiger charge is 2.13. The van der Waals surface area contributed by atoms with Crippen LogP contribution in [0.4, 0.5) is 0 Å². The Labute approximate surface area is 513 Å². The van der Waals surface area contributed by atoms with Gasteiger partial charge >= 0.3 is 0 Å². The van der Waals surface area contributed by atoms with Crippen LogP contribution >= 0.6 is 23.5 Å². The Balaban J connectivity index is 0.000000468. The second-order valence-electron chi connectivity index (χ2n) is 18.3. The summed E-state index contributed by atoms with van der Waals surface area (Å²) >= 11 is 4.04. The van der Waals surface area contributed by atoms with Crippen LogP contribution < -0.4 is 124 Å². The molecule has 2 N–H and O–H groups in total. The number of hydrogen-bond donors (Lipinski definition) is 0. The van der Waals surface area contributed by atoms with Crippen molar-refractivity contribution in [2.75, 3.05) is 24.7 Å². The van der Waals surface area contributed by atoms with Gasteiger partial charge in [-0.2, -0.15) is 0 Å². The summed E-state index contributed by atoms with van der Waals surface area (Å²) in [4.78, 5) is 2.84. The molecule has 13 heteroatoms. The molecule has 0 bridgehead atoms. The lowest BCUT2D eigenvalue weighted by Gasteiger charge is -2.09. The highest BCUT2D eigenvalue weighted by Crippen LogP contribution is 2.29. The molecular weight excluding hydrogens is 1400 g/mol. The summed E-state index contributed by atoms with van der Waals surface area (Å²) in [6.45, 7) is 1.59. The molecule has 4 aromatic heterocycles. The average Bonchev–Trinajstić information content (AvgIpc) is 3.37. The summed E-state index contributed by atoms with van der Waals surface area (Å²) < 4.78 is 20.9. The molecule has 4 heterocycles. The number of nitrogens with zero attached hydrogens (tertiary/aromatic N) is 4. The third-order valence-electron chi connectivity index (χ3n) is 13.1. The van der Waals surface area contributed by atoms with Crippen LogP contribution in [0.5, 0.6) is 11.5 Å². The molecule has 0 spiro atoms. The Morgan fingerprint density at radius 3 is 0.918 bits per heavy atom. The van der Waals surface area contributed by atoms with Crippen molar-refractivity contribution >= 4 is 67.1 Å². The molecule has 73 heavy (non-hydrogen) atoms. The van der Waals surface area contributed by atoms with Crippen molar-refractivity contribution < 1.29 is 129 Å². The van der Waals surface area contributed by atoms with Gasteiger partial charge in [0.05, 0.1) is 34.8 Å². The average molecular weight is 1480 g/mol. The molecule has 396 valence electrons. The Morgan fingerprint density at radius 1 is 0.315 bits per heavy atom.